The van der Waals surface area contributed by atoms with Gasteiger partial charge in [0.05, 0.1) is 22.3 Å². The monoisotopic (exact) mass is 582 g/mol. The van der Waals surface area contributed by atoms with Crippen molar-refractivity contribution in [3.63, 3.8) is 0 Å². The van der Waals surface area contributed by atoms with Crippen molar-refractivity contribution in [3.8, 4) is 22.4 Å². The molecule has 0 atom stereocenters. The van der Waals surface area contributed by atoms with E-state index < -0.39 is 5.60 Å². The van der Waals surface area contributed by atoms with Crippen LogP contribution >= 0.6 is 0 Å². The molecule has 44 heavy (non-hydrogen) atoms. The molecule has 7 rings (SSSR count). The number of pyridine rings is 2. The van der Waals surface area contributed by atoms with E-state index >= 15 is 0 Å². The lowest BCUT2D eigenvalue weighted by atomic mass is 9.87. The van der Waals surface area contributed by atoms with Crippen LogP contribution in [-0.4, -0.2) is 44.0 Å². The second kappa shape index (κ2) is 9.46. The van der Waals surface area contributed by atoms with E-state index in [1.54, 1.807) is 0 Å². The molecule has 6 nitrogen and oxygen atoms in total. The summed E-state index contributed by atoms with van der Waals surface area (Å²) in [4.78, 5) is 19.5. The third-order valence-corrected chi connectivity index (χ3v) is 9.88. The minimum absolute atomic E-state index is 0.318. The molecule has 3 aromatic carbocycles. The van der Waals surface area contributed by atoms with Crippen LogP contribution in [0.4, 0.5) is 0 Å². The molecule has 5 aromatic rings. The van der Waals surface area contributed by atoms with Crippen molar-refractivity contribution in [1.29, 1.82) is 0 Å². The summed E-state index contributed by atoms with van der Waals surface area (Å²) < 4.78 is 12.5. The fourth-order valence-corrected chi connectivity index (χ4v) is 5.84. The Morgan fingerprint density at radius 2 is 0.886 bits per heavy atom. The number of nitrogens with zero attached hydrogens (tertiary/aromatic N) is 4. The second-order valence-electron chi connectivity index (χ2n) is 13.9. The van der Waals surface area contributed by atoms with E-state index in [9.17, 15) is 0 Å². The normalized spacial score (nSPS) is 19.4. The summed E-state index contributed by atoms with van der Waals surface area (Å²) >= 11 is 0. The van der Waals surface area contributed by atoms with Gasteiger partial charge < -0.3 is 9.47 Å². The Morgan fingerprint density at radius 1 is 0.455 bits per heavy atom. The number of hydrogen-bond donors (Lipinski definition) is 0. The maximum Gasteiger partial charge on any atom is 0.236 e. The highest BCUT2D eigenvalue weighted by Gasteiger charge is 2.46. The summed E-state index contributed by atoms with van der Waals surface area (Å²) in [6.07, 6.45) is 3.81. The SMILES string of the molecule is CC1(C)N=C(c2ccc(-c3c4ccccc4c(-c4ccc(C5=NC(C)(C)C(C)(C)O5)nc4)c4ccccc34)nc2)OC1(C)C. The molecule has 0 N–H and O–H groups in total. The van der Waals surface area contributed by atoms with Crippen molar-refractivity contribution in [2.75, 3.05) is 0 Å². The lowest BCUT2D eigenvalue weighted by Crippen LogP contribution is -2.41. The first-order valence-corrected chi connectivity index (χ1v) is 15.2. The van der Waals surface area contributed by atoms with E-state index in [4.69, 9.17) is 29.4 Å². The predicted molar refractivity (Wildman–Crippen MR) is 179 cm³/mol. The smallest absolute Gasteiger partial charge is 0.236 e. The van der Waals surface area contributed by atoms with Crippen LogP contribution in [0.5, 0.6) is 0 Å². The maximum absolute atomic E-state index is 6.25. The molecule has 0 fully saturated rings. The Morgan fingerprint density at radius 3 is 1.32 bits per heavy atom. The second-order valence-corrected chi connectivity index (χ2v) is 13.9. The van der Waals surface area contributed by atoms with Gasteiger partial charge in [-0.3, -0.25) is 9.97 Å². The van der Waals surface area contributed by atoms with Crippen LogP contribution in [0.15, 0.2) is 95.2 Å². The lowest BCUT2D eigenvalue weighted by Gasteiger charge is -2.30. The van der Waals surface area contributed by atoms with Crippen LogP contribution in [0.3, 0.4) is 0 Å². The summed E-state index contributed by atoms with van der Waals surface area (Å²) in [5.74, 6) is 1.23. The van der Waals surface area contributed by atoms with Gasteiger partial charge in [0, 0.05) is 23.5 Å². The van der Waals surface area contributed by atoms with Gasteiger partial charge in [0.2, 0.25) is 11.8 Å². The number of ether oxygens (including phenoxy) is 2. The van der Waals surface area contributed by atoms with Crippen molar-refractivity contribution in [3.05, 3.63) is 96.4 Å². The minimum atomic E-state index is -0.401. The first-order valence-electron chi connectivity index (χ1n) is 15.2. The summed E-state index contributed by atoms with van der Waals surface area (Å²) in [6, 6.07) is 25.4. The molecular formula is C38H38N4O2. The molecule has 0 amide bonds. The van der Waals surface area contributed by atoms with Gasteiger partial charge in [0.1, 0.15) is 16.9 Å². The molecule has 0 bridgehead atoms. The molecule has 6 heteroatoms. The number of hydrogen-bond acceptors (Lipinski definition) is 6. The molecule has 0 spiro atoms. The molecular weight excluding hydrogens is 544 g/mol. The van der Waals surface area contributed by atoms with Gasteiger partial charge in [-0.15, -0.1) is 0 Å². The van der Waals surface area contributed by atoms with Crippen LogP contribution in [0.2, 0.25) is 0 Å². The van der Waals surface area contributed by atoms with Crippen LogP contribution in [0.25, 0.3) is 43.9 Å². The van der Waals surface area contributed by atoms with E-state index in [1.165, 1.54) is 0 Å². The van der Waals surface area contributed by atoms with E-state index in [2.05, 4.69) is 122 Å². The number of aliphatic imine (C=N–C) groups is 2. The summed E-state index contributed by atoms with van der Waals surface area (Å²) in [7, 11) is 0. The van der Waals surface area contributed by atoms with E-state index in [-0.39, 0.29) is 16.7 Å². The van der Waals surface area contributed by atoms with E-state index in [0.29, 0.717) is 11.8 Å². The van der Waals surface area contributed by atoms with Crippen molar-refractivity contribution in [1.82, 2.24) is 9.97 Å². The van der Waals surface area contributed by atoms with Crippen molar-refractivity contribution >= 4 is 33.3 Å². The molecule has 0 radical (unpaired) electrons. The Hall–Kier alpha value is -4.58. The highest BCUT2D eigenvalue weighted by atomic mass is 16.5. The predicted octanol–water partition coefficient (Wildman–Crippen LogP) is 8.79. The van der Waals surface area contributed by atoms with Gasteiger partial charge in [-0.1, -0.05) is 54.6 Å². The van der Waals surface area contributed by atoms with E-state index in [0.717, 1.165) is 55.2 Å². The Bertz CT molecular complexity index is 1800. The quantitative estimate of drug-likeness (QED) is 0.199. The van der Waals surface area contributed by atoms with Gasteiger partial charge in [0.25, 0.3) is 0 Å². The minimum Gasteiger partial charge on any atom is -0.469 e. The fourth-order valence-electron chi connectivity index (χ4n) is 5.84. The third kappa shape index (κ3) is 4.30. The highest BCUT2D eigenvalue weighted by Crippen LogP contribution is 2.44. The molecule has 0 unspecified atom stereocenters. The summed E-state index contributed by atoms with van der Waals surface area (Å²) in [5.41, 5.74) is 4.37. The van der Waals surface area contributed by atoms with Gasteiger partial charge >= 0.3 is 0 Å². The topological polar surface area (TPSA) is 69.0 Å². The average Bonchev–Trinajstić information content (AvgIpc) is 3.35. The van der Waals surface area contributed by atoms with Crippen molar-refractivity contribution < 1.29 is 9.47 Å². The average molecular weight is 583 g/mol. The van der Waals surface area contributed by atoms with Gasteiger partial charge in [-0.05, 0) is 101 Å². The molecule has 2 aliphatic heterocycles. The van der Waals surface area contributed by atoms with Crippen molar-refractivity contribution in [2.45, 2.75) is 77.7 Å². The first kappa shape index (κ1) is 28.2. The molecule has 4 heterocycles. The van der Waals surface area contributed by atoms with Gasteiger partial charge in [0.15, 0.2) is 0 Å². The molecule has 222 valence electrons. The standard InChI is InChI=1S/C38H38N4O2/c1-35(2)37(5,6)43-33(41-35)24-18-19-29(39-22-24)32-27-15-11-9-13-25(27)31(26-14-10-12-16-28(26)32)23-17-20-30(40-21-23)34-42-36(3,4)38(7,8)44-34/h9-22H,1-8H3. The first-order chi connectivity index (χ1) is 20.8. The third-order valence-electron chi connectivity index (χ3n) is 9.88. The van der Waals surface area contributed by atoms with Crippen LogP contribution < -0.4 is 0 Å². The molecule has 0 aliphatic carbocycles. The molecule has 0 saturated carbocycles. The Kier molecular flexibility index (Phi) is 6.06. The van der Waals surface area contributed by atoms with E-state index in [1.807, 2.05) is 18.5 Å². The maximum atomic E-state index is 6.25. The lowest BCUT2D eigenvalue weighted by molar-refractivity contribution is 0.0616. The van der Waals surface area contributed by atoms with Crippen LogP contribution in [-0.2, 0) is 9.47 Å². The Labute approximate surface area is 258 Å². The zero-order chi connectivity index (χ0) is 31.1. The zero-order valence-electron chi connectivity index (χ0n) is 26.7. The van der Waals surface area contributed by atoms with Crippen LogP contribution in [0, 0.1) is 0 Å². The van der Waals surface area contributed by atoms with Gasteiger partial charge in [-0.25, -0.2) is 9.98 Å². The highest BCUT2D eigenvalue weighted by molar-refractivity contribution is 6.21. The number of fused-ring (bicyclic) bond motifs is 2. The molecule has 0 saturated heterocycles. The van der Waals surface area contributed by atoms with Crippen molar-refractivity contribution in [2.24, 2.45) is 9.98 Å². The summed E-state index contributed by atoms with van der Waals surface area (Å²) in [5, 5.41) is 4.55. The number of aromatic nitrogens is 2. The number of benzene rings is 3. The molecule has 2 aliphatic rings. The Balaban J connectivity index is 1.34. The van der Waals surface area contributed by atoms with Crippen LogP contribution in [0.1, 0.15) is 66.6 Å². The van der Waals surface area contributed by atoms with Gasteiger partial charge in [-0.2, -0.15) is 0 Å². The largest absolute Gasteiger partial charge is 0.469 e. The molecule has 2 aromatic heterocycles. The summed E-state index contributed by atoms with van der Waals surface area (Å²) in [6.45, 7) is 16.7. The number of rotatable bonds is 4. The zero-order valence-corrected chi connectivity index (χ0v) is 26.7. The fraction of sp³-hybridized carbons (Fsp3) is 0.316.